The first-order chi connectivity index (χ1) is 8.49. The van der Waals surface area contributed by atoms with Crippen LogP contribution in [-0.4, -0.2) is 70.8 Å². The molecule has 0 saturated carbocycles. The van der Waals surface area contributed by atoms with Gasteiger partial charge in [0.15, 0.2) is 0 Å². The normalized spacial score (nSPS) is 11.4. The average molecular weight is 335 g/mol. The van der Waals surface area contributed by atoms with Crippen molar-refractivity contribution >= 4 is 13.9 Å². The second-order valence-corrected chi connectivity index (χ2v) is 3.04. The molecule has 0 N–H and O–H groups in total. The Morgan fingerprint density at radius 1 is 0.368 bits per heavy atom. The molecule has 0 rings (SSSR count). The molecular formula is C8H24B2O8Zn. The maximum atomic E-state index is 4.78. The van der Waals surface area contributed by atoms with Gasteiger partial charge in [-0.15, -0.1) is 0 Å². The van der Waals surface area contributed by atoms with E-state index in [-0.39, 0.29) is 19.5 Å². The fourth-order valence-electron chi connectivity index (χ4n) is 1.15. The maximum Gasteiger partial charge on any atom is 2.00 e. The van der Waals surface area contributed by atoms with Crippen molar-refractivity contribution < 1.29 is 56.7 Å². The summed E-state index contributed by atoms with van der Waals surface area (Å²) >= 11 is 0. The van der Waals surface area contributed by atoms with Crippen LogP contribution in [0, 0.1) is 0 Å². The van der Waals surface area contributed by atoms with Crippen molar-refractivity contribution in [2.75, 3.05) is 56.9 Å². The third-order valence-corrected chi connectivity index (χ3v) is 2.31. The molecule has 0 atom stereocenters. The Morgan fingerprint density at radius 2 is 0.474 bits per heavy atom. The van der Waals surface area contributed by atoms with E-state index in [2.05, 4.69) is 0 Å². The summed E-state index contributed by atoms with van der Waals surface area (Å²) in [5.41, 5.74) is 0. The fraction of sp³-hybridized carbons (Fsp3) is 1.00. The molecule has 112 valence electrons. The standard InChI is InChI=1S/2C4H12BO4.Zn/c2*1-6-5(7-2,8-3)9-4;/h2*1-4H3;/q2*-1;+2. The molecule has 0 aliphatic heterocycles. The van der Waals surface area contributed by atoms with Crippen molar-refractivity contribution in [1.29, 1.82) is 0 Å². The van der Waals surface area contributed by atoms with Gasteiger partial charge in [-0.1, -0.05) is 0 Å². The Balaban J connectivity index is -0.000000256. The summed E-state index contributed by atoms with van der Waals surface area (Å²) in [5, 5.41) is 0. The summed E-state index contributed by atoms with van der Waals surface area (Å²) in [7, 11) is 11.6. The van der Waals surface area contributed by atoms with Gasteiger partial charge in [0, 0.05) is 0 Å². The summed E-state index contributed by atoms with van der Waals surface area (Å²) in [4.78, 5) is 0. The van der Waals surface area contributed by atoms with E-state index in [0.717, 1.165) is 0 Å². The number of hydrogen-bond donors (Lipinski definition) is 0. The molecule has 11 heteroatoms. The van der Waals surface area contributed by atoms with E-state index in [0.29, 0.717) is 0 Å². The van der Waals surface area contributed by atoms with Crippen LogP contribution in [0.3, 0.4) is 0 Å². The van der Waals surface area contributed by atoms with Crippen molar-refractivity contribution in [3.8, 4) is 0 Å². The van der Waals surface area contributed by atoms with Crippen LogP contribution in [0.2, 0.25) is 0 Å². The predicted octanol–water partition coefficient (Wildman–Crippen LogP) is 0.0127. The van der Waals surface area contributed by atoms with Crippen LogP contribution in [0.5, 0.6) is 0 Å². The van der Waals surface area contributed by atoms with Crippen LogP contribution in [-0.2, 0) is 56.7 Å². The molecule has 0 aliphatic rings. The van der Waals surface area contributed by atoms with Crippen molar-refractivity contribution in [3.63, 3.8) is 0 Å². The monoisotopic (exact) mass is 334 g/mol. The van der Waals surface area contributed by atoms with Gasteiger partial charge < -0.3 is 37.2 Å². The zero-order valence-electron chi connectivity index (χ0n) is 13.1. The molecule has 0 amide bonds. The molecule has 0 spiro atoms. The molecule has 0 saturated heterocycles. The first-order valence-corrected chi connectivity index (χ1v) is 5.15. The molecule has 0 aliphatic carbocycles. The molecule has 0 aromatic heterocycles. The average Bonchev–Trinajstić information content (AvgIpc) is 2.46. The quantitative estimate of drug-likeness (QED) is 0.575. The second-order valence-electron chi connectivity index (χ2n) is 3.04. The van der Waals surface area contributed by atoms with E-state index in [1.807, 2.05) is 0 Å². The van der Waals surface area contributed by atoms with Crippen LogP contribution < -0.4 is 0 Å². The van der Waals surface area contributed by atoms with Gasteiger partial charge in [0.2, 0.25) is 0 Å². The van der Waals surface area contributed by atoms with Gasteiger partial charge in [0.1, 0.15) is 0 Å². The van der Waals surface area contributed by atoms with Crippen molar-refractivity contribution in [1.82, 2.24) is 0 Å². The summed E-state index contributed by atoms with van der Waals surface area (Å²) in [6, 6.07) is 0. The van der Waals surface area contributed by atoms with Gasteiger partial charge >= 0.3 is 33.4 Å². The Labute approximate surface area is 128 Å². The fourth-order valence-corrected chi connectivity index (χ4v) is 1.15. The molecule has 0 fully saturated rings. The van der Waals surface area contributed by atoms with Gasteiger partial charge in [0.25, 0.3) is 0 Å². The van der Waals surface area contributed by atoms with E-state index >= 15 is 0 Å². The molecule has 19 heavy (non-hydrogen) atoms. The first kappa shape index (κ1) is 24.5. The zero-order valence-corrected chi connectivity index (χ0v) is 16.1. The molecule has 0 unspecified atom stereocenters. The Morgan fingerprint density at radius 3 is 0.474 bits per heavy atom. The van der Waals surface area contributed by atoms with E-state index in [9.17, 15) is 0 Å². The van der Waals surface area contributed by atoms with Crippen LogP contribution >= 0.6 is 0 Å². The summed E-state index contributed by atoms with van der Waals surface area (Å²) in [5.74, 6) is 0. The number of hydrogen-bond acceptors (Lipinski definition) is 8. The molecule has 0 aromatic carbocycles. The van der Waals surface area contributed by atoms with Gasteiger partial charge in [-0.3, -0.25) is 0 Å². The second kappa shape index (κ2) is 13.4. The van der Waals surface area contributed by atoms with E-state index < -0.39 is 13.9 Å². The van der Waals surface area contributed by atoms with Crippen LogP contribution in [0.15, 0.2) is 0 Å². The minimum absolute atomic E-state index is 0. The summed E-state index contributed by atoms with van der Waals surface area (Å²) in [6.45, 7) is -3.89. The van der Waals surface area contributed by atoms with Gasteiger partial charge in [0.05, 0.1) is 0 Å². The summed E-state index contributed by atoms with van der Waals surface area (Å²) < 4.78 is 38.2. The van der Waals surface area contributed by atoms with Gasteiger partial charge in [-0.25, -0.2) is 0 Å². The molecule has 0 radical (unpaired) electrons. The van der Waals surface area contributed by atoms with Gasteiger partial charge in [-0.05, 0) is 56.9 Å². The Hall–Kier alpha value is 0.433. The summed E-state index contributed by atoms with van der Waals surface area (Å²) in [6.07, 6.45) is 0. The predicted molar refractivity (Wildman–Crippen MR) is 67.6 cm³/mol. The van der Waals surface area contributed by atoms with Crippen molar-refractivity contribution in [2.45, 2.75) is 0 Å². The van der Waals surface area contributed by atoms with E-state index in [4.69, 9.17) is 37.2 Å². The van der Waals surface area contributed by atoms with Crippen LogP contribution in [0.1, 0.15) is 0 Å². The molecule has 0 aromatic rings. The topological polar surface area (TPSA) is 73.8 Å². The van der Waals surface area contributed by atoms with E-state index in [1.54, 1.807) is 0 Å². The third-order valence-electron chi connectivity index (χ3n) is 2.31. The third kappa shape index (κ3) is 8.34. The number of rotatable bonds is 8. The van der Waals surface area contributed by atoms with Crippen LogP contribution in [0.4, 0.5) is 0 Å². The zero-order chi connectivity index (χ0) is 14.7. The Bertz CT molecular complexity index is 137. The maximum absolute atomic E-state index is 4.78. The van der Waals surface area contributed by atoms with Gasteiger partial charge in [-0.2, -0.15) is 0 Å². The first-order valence-electron chi connectivity index (χ1n) is 5.15. The van der Waals surface area contributed by atoms with Crippen molar-refractivity contribution in [2.24, 2.45) is 0 Å². The van der Waals surface area contributed by atoms with Crippen LogP contribution in [0.25, 0.3) is 0 Å². The molecule has 0 bridgehead atoms. The SMILES string of the molecule is CO[B-](OC)(OC)OC.CO[B-](OC)(OC)OC.[Zn+2]. The molecular weight excluding hydrogens is 311 g/mol. The largest absolute Gasteiger partial charge is 2.00 e. The smallest absolute Gasteiger partial charge is 0.521 e. The minimum atomic E-state index is -1.94. The molecule has 8 nitrogen and oxygen atoms in total. The van der Waals surface area contributed by atoms with Crippen molar-refractivity contribution in [3.05, 3.63) is 0 Å². The minimum Gasteiger partial charge on any atom is -0.521 e. The Kier molecular flexibility index (Phi) is 17.3. The molecule has 0 heterocycles. The van der Waals surface area contributed by atoms with E-state index in [1.165, 1.54) is 56.9 Å².